The van der Waals surface area contributed by atoms with Gasteiger partial charge >= 0.3 is 0 Å². The van der Waals surface area contributed by atoms with E-state index in [0.29, 0.717) is 44.0 Å². The molecule has 0 saturated carbocycles. The van der Waals surface area contributed by atoms with E-state index in [-0.39, 0.29) is 24.3 Å². The van der Waals surface area contributed by atoms with Gasteiger partial charge < -0.3 is 19.5 Å². The van der Waals surface area contributed by atoms with Crippen molar-refractivity contribution in [2.24, 2.45) is 0 Å². The van der Waals surface area contributed by atoms with E-state index in [1.165, 1.54) is 0 Å². The van der Waals surface area contributed by atoms with Crippen molar-refractivity contribution in [2.75, 3.05) is 39.2 Å². The lowest BCUT2D eigenvalue weighted by atomic mass is 9.89. The molecule has 9 heteroatoms. The summed E-state index contributed by atoms with van der Waals surface area (Å²) in [5, 5.41) is 2.70. The van der Waals surface area contributed by atoms with Crippen molar-refractivity contribution in [3.63, 3.8) is 0 Å². The molecule has 8 nitrogen and oxygen atoms in total. The fourth-order valence-electron chi connectivity index (χ4n) is 3.51. The van der Waals surface area contributed by atoms with Crippen molar-refractivity contribution >= 4 is 15.9 Å². The zero-order valence-electron chi connectivity index (χ0n) is 18.6. The normalized spacial score (nSPS) is 17.9. The average Bonchev–Trinajstić information content (AvgIpc) is 2.69. The molecule has 1 aromatic rings. The molecule has 1 aliphatic heterocycles. The first-order valence-corrected chi connectivity index (χ1v) is 12.0. The molecule has 0 aliphatic carbocycles. The maximum absolute atomic E-state index is 12.8. The largest absolute Gasteiger partial charge is 0.487 e. The number of nitrogens with zero attached hydrogens (tertiary/aromatic N) is 1. The maximum Gasteiger partial charge on any atom is 0.258 e. The molecule has 0 saturated heterocycles. The van der Waals surface area contributed by atoms with Crippen LogP contribution in [0.4, 0.5) is 0 Å². The maximum atomic E-state index is 12.8. The van der Waals surface area contributed by atoms with E-state index in [2.05, 4.69) is 5.32 Å². The van der Waals surface area contributed by atoms with Crippen molar-refractivity contribution in [3.8, 4) is 11.5 Å². The molecule has 0 radical (unpaired) electrons. The van der Waals surface area contributed by atoms with Gasteiger partial charge in [-0.05, 0) is 45.4 Å². The predicted molar refractivity (Wildman–Crippen MR) is 115 cm³/mol. The molecule has 1 aromatic carbocycles. The number of ether oxygens (including phenoxy) is 3. The topological polar surface area (TPSA) is 94.2 Å². The summed E-state index contributed by atoms with van der Waals surface area (Å²) in [6.45, 7) is 8.68. The molecule has 0 spiro atoms. The van der Waals surface area contributed by atoms with Crippen LogP contribution < -0.4 is 14.8 Å². The molecule has 1 unspecified atom stereocenters. The smallest absolute Gasteiger partial charge is 0.258 e. The first kappa shape index (κ1) is 24.4. The number of nitrogens with one attached hydrogen (secondary N) is 1. The van der Waals surface area contributed by atoms with E-state index in [9.17, 15) is 13.2 Å². The van der Waals surface area contributed by atoms with Crippen LogP contribution in [0.2, 0.25) is 0 Å². The second-order valence-electron chi connectivity index (χ2n) is 7.92. The molecule has 0 aromatic heterocycles. The number of fused-ring (bicyclic) bond motifs is 1. The van der Waals surface area contributed by atoms with Crippen LogP contribution in [0.1, 0.15) is 52.1 Å². The minimum atomic E-state index is -3.41. The minimum Gasteiger partial charge on any atom is -0.487 e. The van der Waals surface area contributed by atoms with Crippen LogP contribution in [0.5, 0.6) is 11.5 Å². The molecule has 170 valence electrons. The minimum absolute atomic E-state index is 0.0396. The Bertz CT molecular complexity index is 825. The summed E-state index contributed by atoms with van der Waals surface area (Å²) >= 11 is 0. The number of carbonyl (C=O) groups excluding carboxylic acids is 1. The van der Waals surface area contributed by atoms with Crippen LogP contribution in [-0.4, -0.2) is 63.4 Å². The van der Waals surface area contributed by atoms with Crippen molar-refractivity contribution in [1.82, 2.24) is 9.62 Å². The average molecular weight is 443 g/mol. The Kier molecular flexibility index (Phi) is 8.52. The fraction of sp³-hybridized carbons (Fsp3) is 0.667. The summed E-state index contributed by atoms with van der Waals surface area (Å²) in [7, 11) is -1.84. The number of sulfonamides is 1. The first-order valence-electron chi connectivity index (χ1n) is 10.3. The van der Waals surface area contributed by atoms with Crippen LogP contribution in [0.15, 0.2) is 18.2 Å². The van der Waals surface area contributed by atoms with Crippen LogP contribution in [0.3, 0.4) is 0 Å². The molecule has 1 aliphatic rings. The Balaban J connectivity index is 2.28. The van der Waals surface area contributed by atoms with Gasteiger partial charge in [0.15, 0.2) is 6.61 Å². The number of hydrogen-bond donors (Lipinski definition) is 1. The predicted octanol–water partition coefficient (Wildman–Crippen LogP) is 2.49. The van der Waals surface area contributed by atoms with Gasteiger partial charge in [-0.3, -0.25) is 4.79 Å². The van der Waals surface area contributed by atoms with Gasteiger partial charge in [-0.15, -0.1) is 0 Å². The van der Waals surface area contributed by atoms with Crippen molar-refractivity contribution in [1.29, 1.82) is 0 Å². The Morgan fingerprint density at radius 2 is 2.07 bits per heavy atom. The van der Waals surface area contributed by atoms with Crippen LogP contribution in [0.25, 0.3) is 0 Å². The van der Waals surface area contributed by atoms with Crippen molar-refractivity contribution < 1.29 is 27.4 Å². The van der Waals surface area contributed by atoms with E-state index >= 15 is 0 Å². The van der Waals surface area contributed by atoms with Crippen LogP contribution in [0, 0.1) is 0 Å². The summed E-state index contributed by atoms with van der Waals surface area (Å²) in [6, 6.07) is 4.95. The van der Waals surface area contributed by atoms with E-state index in [0.717, 1.165) is 5.56 Å². The van der Waals surface area contributed by atoms with Crippen molar-refractivity contribution in [2.45, 2.75) is 52.2 Å². The summed E-state index contributed by atoms with van der Waals surface area (Å²) in [5.41, 5.74) is 0.258. The molecular formula is C21H34N2O6S. The van der Waals surface area contributed by atoms with E-state index in [1.54, 1.807) is 36.5 Å². The van der Waals surface area contributed by atoms with Gasteiger partial charge in [0.1, 0.15) is 17.1 Å². The third-order valence-corrected chi connectivity index (χ3v) is 6.80. The van der Waals surface area contributed by atoms with Gasteiger partial charge in [-0.25, -0.2) is 8.42 Å². The fourth-order valence-corrected chi connectivity index (χ4v) is 4.88. The number of amides is 1. The Hall–Kier alpha value is -1.84. The quantitative estimate of drug-likeness (QED) is 0.529. The van der Waals surface area contributed by atoms with Gasteiger partial charge in [0.2, 0.25) is 10.0 Å². The second-order valence-corrected chi connectivity index (χ2v) is 10.1. The molecule has 2 rings (SSSR count). The van der Waals surface area contributed by atoms with Crippen LogP contribution >= 0.6 is 0 Å². The zero-order chi connectivity index (χ0) is 22.4. The Morgan fingerprint density at radius 1 is 1.33 bits per heavy atom. The van der Waals surface area contributed by atoms with Gasteiger partial charge in [0.05, 0.1) is 18.4 Å². The molecule has 1 amide bonds. The molecule has 30 heavy (non-hydrogen) atoms. The lowest BCUT2D eigenvalue weighted by Crippen LogP contribution is -2.44. The molecular weight excluding hydrogens is 408 g/mol. The number of carbonyl (C=O) groups is 1. The summed E-state index contributed by atoms with van der Waals surface area (Å²) in [5.74, 6) is 0.924. The van der Waals surface area contributed by atoms with E-state index in [1.807, 2.05) is 20.8 Å². The van der Waals surface area contributed by atoms with Gasteiger partial charge in [-0.2, -0.15) is 4.31 Å². The number of benzene rings is 1. The third-order valence-electron chi connectivity index (χ3n) is 4.92. The SMILES string of the molecule is CCCN(C1CC(C)(C)Oc2ccc(OCC(=O)NCCOC)cc21)S(=O)(=O)CC. The lowest BCUT2D eigenvalue weighted by Gasteiger charge is -2.42. The highest BCUT2D eigenvalue weighted by molar-refractivity contribution is 7.89. The highest BCUT2D eigenvalue weighted by Gasteiger charge is 2.40. The Labute approximate surface area is 179 Å². The molecule has 1 atom stereocenters. The first-order chi connectivity index (χ1) is 14.1. The van der Waals surface area contributed by atoms with Gasteiger partial charge in [0, 0.05) is 32.2 Å². The van der Waals surface area contributed by atoms with Gasteiger partial charge in [0.25, 0.3) is 5.91 Å². The highest BCUT2D eigenvalue weighted by Crippen LogP contribution is 2.45. The molecule has 0 bridgehead atoms. The van der Waals surface area contributed by atoms with Crippen LogP contribution in [-0.2, 0) is 19.6 Å². The summed E-state index contributed by atoms with van der Waals surface area (Å²) in [6.07, 6.45) is 1.24. The summed E-state index contributed by atoms with van der Waals surface area (Å²) < 4.78 is 43.9. The molecule has 1 N–H and O–H groups in total. The zero-order valence-corrected chi connectivity index (χ0v) is 19.4. The third kappa shape index (κ3) is 6.33. The standard InChI is InChI=1S/C21H34N2O6S/c1-6-11-23(30(25,26)7-2)18-14-21(3,4)29-19-9-8-16(13-17(18)19)28-15-20(24)22-10-12-27-5/h8-9,13,18H,6-7,10-12,14-15H2,1-5H3,(H,22,24). The summed E-state index contributed by atoms with van der Waals surface area (Å²) in [4.78, 5) is 11.9. The van der Waals surface area contributed by atoms with E-state index in [4.69, 9.17) is 14.2 Å². The van der Waals surface area contributed by atoms with Crippen molar-refractivity contribution in [3.05, 3.63) is 23.8 Å². The monoisotopic (exact) mass is 442 g/mol. The molecule has 1 heterocycles. The van der Waals surface area contributed by atoms with Gasteiger partial charge in [-0.1, -0.05) is 6.92 Å². The highest BCUT2D eigenvalue weighted by atomic mass is 32.2. The lowest BCUT2D eigenvalue weighted by molar-refractivity contribution is -0.123. The second kappa shape index (κ2) is 10.5. The number of rotatable bonds is 11. The Morgan fingerprint density at radius 3 is 2.70 bits per heavy atom. The number of methoxy groups -OCH3 is 1. The number of hydrogen-bond acceptors (Lipinski definition) is 6. The molecule has 0 fully saturated rings. The van der Waals surface area contributed by atoms with E-state index < -0.39 is 15.6 Å².